The van der Waals surface area contributed by atoms with E-state index in [4.69, 9.17) is 15.2 Å². The Morgan fingerprint density at radius 2 is 1.83 bits per heavy atom. The molecule has 1 atom stereocenters. The summed E-state index contributed by atoms with van der Waals surface area (Å²) in [5.41, 5.74) is 5.17. The second kappa shape index (κ2) is 9.19. The smallest absolute Gasteiger partial charge is 0.407 e. The van der Waals surface area contributed by atoms with Gasteiger partial charge in [-0.2, -0.15) is 0 Å². The number of nitrogens with two attached hydrogens (primary N) is 1. The molecule has 1 aromatic heterocycles. The van der Waals surface area contributed by atoms with Crippen LogP contribution in [0, 0.1) is 5.82 Å². The van der Waals surface area contributed by atoms with E-state index in [1.807, 2.05) is 0 Å². The van der Waals surface area contributed by atoms with Crippen LogP contribution < -0.4 is 15.8 Å². The summed E-state index contributed by atoms with van der Waals surface area (Å²) in [5.74, 6) is 0.0575. The SMILES string of the molecule is CC(C)(C)OC(=O)NCCOc1ccc(C(C)(O)CN)nc1-c1ccc(F)cc1. The Morgan fingerprint density at radius 3 is 2.41 bits per heavy atom. The number of ether oxygens (including phenoxy) is 2. The summed E-state index contributed by atoms with van der Waals surface area (Å²) in [6.07, 6.45) is -0.535. The van der Waals surface area contributed by atoms with Crippen LogP contribution >= 0.6 is 0 Å². The molecule has 1 aromatic carbocycles. The van der Waals surface area contributed by atoms with Crippen molar-refractivity contribution in [3.8, 4) is 17.0 Å². The number of rotatable bonds is 7. The predicted octanol–water partition coefficient (Wildman–Crippen LogP) is 2.96. The fourth-order valence-corrected chi connectivity index (χ4v) is 2.41. The average Bonchev–Trinajstić information content (AvgIpc) is 2.64. The summed E-state index contributed by atoms with van der Waals surface area (Å²) < 4.78 is 24.2. The summed E-state index contributed by atoms with van der Waals surface area (Å²) in [4.78, 5) is 16.2. The van der Waals surface area contributed by atoms with Gasteiger partial charge in [-0.1, -0.05) is 0 Å². The largest absolute Gasteiger partial charge is 0.489 e. The second-order valence-corrected chi connectivity index (χ2v) is 7.81. The lowest BCUT2D eigenvalue weighted by atomic mass is 10.0. The van der Waals surface area contributed by atoms with Gasteiger partial charge in [0.15, 0.2) is 0 Å². The van der Waals surface area contributed by atoms with E-state index in [2.05, 4.69) is 10.3 Å². The Kier molecular flexibility index (Phi) is 7.16. The molecule has 158 valence electrons. The molecule has 1 amide bonds. The average molecular weight is 405 g/mol. The van der Waals surface area contributed by atoms with E-state index in [9.17, 15) is 14.3 Å². The van der Waals surface area contributed by atoms with Gasteiger partial charge in [0.25, 0.3) is 0 Å². The van der Waals surface area contributed by atoms with Gasteiger partial charge in [0.2, 0.25) is 0 Å². The first-order valence-corrected chi connectivity index (χ1v) is 9.31. The lowest BCUT2D eigenvalue weighted by molar-refractivity contribution is 0.0519. The number of benzene rings is 1. The highest BCUT2D eigenvalue weighted by Gasteiger charge is 2.24. The minimum Gasteiger partial charge on any atom is -0.489 e. The fraction of sp³-hybridized carbons (Fsp3) is 0.429. The highest BCUT2D eigenvalue weighted by Crippen LogP contribution is 2.31. The Labute approximate surface area is 170 Å². The molecular weight excluding hydrogens is 377 g/mol. The zero-order chi connectivity index (χ0) is 21.7. The highest BCUT2D eigenvalue weighted by atomic mass is 19.1. The number of aromatic nitrogens is 1. The lowest BCUT2D eigenvalue weighted by Crippen LogP contribution is -2.34. The normalized spacial score (nSPS) is 13.5. The molecule has 0 aliphatic heterocycles. The standard InChI is InChI=1S/C21H28FN3O4/c1-20(2,3)29-19(26)24-11-12-28-16-9-10-17(21(4,27)13-23)25-18(16)14-5-7-15(22)8-6-14/h5-10,27H,11-13,23H2,1-4H3,(H,24,26). The van der Waals surface area contributed by atoms with Gasteiger partial charge >= 0.3 is 6.09 Å². The zero-order valence-corrected chi connectivity index (χ0v) is 17.2. The number of hydrogen-bond acceptors (Lipinski definition) is 6. The predicted molar refractivity (Wildman–Crippen MR) is 108 cm³/mol. The molecule has 0 radical (unpaired) electrons. The molecule has 1 heterocycles. The summed E-state index contributed by atoms with van der Waals surface area (Å²) in [7, 11) is 0. The Bertz CT molecular complexity index is 833. The molecule has 2 rings (SSSR count). The van der Waals surface area contributed by atoms with Crippen molar-refractivity contribution >= 4 is 6.09 Å². The highest BCUT2D eigenvalue weighted by molar-refractivity contribution is 5.68. The maximum atomic E-state index is 13.3. The van der Waals surface area contributed by atoms with Crippen molar-refractivity contribution in [3.63, 3.8) is 0 Å². The molecule has 7 nitrogen and oxygen atoms in total. The number of amides is 1. The van der Waals surface area contributed by atoms with Gasteiger partial charge in [-0.3, -0.25) is 0 Å². The molecule has 29 heavy (non-hydrogen) atoms. The molecule has 0 saturated heterocycles. The van der Waals surface area contributed by atoms with Crippen LogP contribution in [-0.2, 0) is 10.3 Å². The van der Waals surface area contributed by atoms with Crippen LogP contribution in [0.4, 0.5) is 9.18 Å². The van der Waals surface area contributed by atoms with Crippen LogP contribution in [-0.4, -0.2) is 41.5 Å². The molecule has 2 aromatic rings. The molecule has 8 heteroatoms. The molecule has 1 unspecified atom stereocenters. The van der Waals surface area contributed by atoms with E-state index in [0.717, 1.165) is 0 Å². The first kappa shape index (κ1) is 22.6. The number of nitrogens with one attached hydrogen (secondary N) is 1. The number of halogens is 1. The van der Waals surface area contributed by atoms with Crippen molar-refractivity contribution in [1.82, 2.24) is 10.3 Å². The van der Waals surface area contributed by atoms with E-state index in [-0.39, 0.29) is 25.5 Å². The van der Waals surface area contributed by atoms with Gasteiger partial charge in [0, 0.05) is 12.1 Å². The van der Waals surface area contributed by atoms with E-state index in [1.54, 1.807) is 52.0 Å². The molecule has 0 saturated carbocycles. The van der Waals surface area contributed by atoms with Crippen molar-refractivity contribution < 1.29 is 23.8 Å². The first-order chi connectivity index (χ1) is 13.5. The van der Waals surface area contributed by atoms with Crippen molar-refractivity contribution in [2.24, 2.45) is 5.73 Å². The fourth-order valence-electron chi connectivity index (χ4n) is 2.41. The second-order valence-electron chi connectivity index (χ2n) is 7.81. The third-order valence-corrected chi connectivity index (χ3v) is 3.95. The summed E-state index contributed by atoms with van der Waals surface area (Å²) in [6, 6.07) is 9.07. The van der Waals surface area contributed by atoms with Crippen LogP contribution in [0.1, 0.15) is 33.4 Å². The van der Waals surface area contributed by atoms with Crippen molar-refractivity contribution in [2.45, 2.75) is 38.9 Å². The monoisotopic (exact) mass is 405 g/mol. The van der Waals surface area contributed by atoms with Crippen LogP contribution in [0.5, 0.6) is 5.75 Å². The van der Waals surface area contributed by atoms with Gasteiger partial charge in [0.1, 0.15) is 35.1 Å². The molecule has 0 bridgehead atoms. The maximum Gasteiger partial charge on any atom is 0.407 e. The third-order valence-electron chi connectivity index (χ3n) is 3.95. The molecular formula is C21H28FN3O4. The van der Waals surface area contributed by atoms with Crippen LogP contribution in [0.25, 0.3) is 11.3 Å². The Hall–Kier alpha value is -2.71. The van der Waals surface area contributed by atoms with Crippen LogP contribution in [0.3, 0.4) is 0 Å². The van der Waals surface area contributed by atoms with Crippen LogP contribution in [0.2, 0.25) is 0 Å². The van der Waals surface area contributed by atoms with Gasteiger partial charge in [-0.05, 0) is 64.1 Å². The van der Waals surface area contributed by atoms with Gasteiger partial charge in [-0.25, -0.2) is 14.2 Å². The zero-order valence-electron chi connectivity index (χ0n) is 17.2. The quantitative estimate of drug-likeness (QED) is 0.612. The number of carbonyl (C=O) groups excluding carboxylic acids is 1. The maximum absolute atomic E-state index is 13.3. The van der Waals surface area contributed by atoms with Crippen LogP contribution in [0.15, 0.2) is 36.4 Å². The van der Waals surface area contributed by atoms with E-state index >= 15 is 0 Å². The lowest BCUT2D eigenvalue weighted by Gasteiger charge is -2.22. The van der Waals surface area contributed by atoms with Crippen molar-refractivity contribution in [3.05, 3.63) is 47.9 Å². The summed E-state index contributed by atoms with van der Waals surface area (Å²) in [5, 5.41) is 13.0. The molecule has 0 fully saturated rings. The van der Waals surface area contributed by atoms with Crippen molar-refractivity contribution in [2.75, 3.05) is 19.7 Å². The number of aliphatic hydroxyl groups is 1. The molecule has 0 spiro atoms. The number of carbonyl (C=O) groups is 1. The summed E-state index contributed by atoms with van der Waals surface area (Å²) >= 11 is 0. The molecule has 4 N–H and O–H groups in total. The third kappa shape index (κ3) is 6.69. The van der Waals surface area contributed by atoms with Crippen molar-refractivity contribution in [1.29, 1.82) is 0 Å². The van der Waals surface area contributed by atoms with E-state index in [1.165, 1.54) is 12.1 Å². The number of pyridine rings is 1. The Morgan fingerprint density at radius 1 is 1.17 bits per heavy atom. The topological polar surface area (TPSA) is 107 Å². The van der Waals surface area contributed by atoms with Gasteiger partial charge in [0.05, 0.1) is 12.2 Å². The van der Waals surface area contributed by atoms with Gasteiger partial charge < -0.3 is 25.6 Å². The minimum atomic E-state index is -1.31. The molecule has 0 aliphatic rings. The number of nitrogens with zero attached hydrogens (tertiary/aromatic N) is 1. The summed E-state index contributed by atoms with van der Waals surface area (Å²) in [6.45, 7) is 7.28. The number of hydrogen-bond donors (Lipinski definition) is 3. The minimum absolute atomic E-state index is 0.0110. The van der Waals surface area contributed by atoms with E-state index in [0.29, 0.717) is 22.7 Å². The number of alkyl carbamates (subject to hydrolysis) is 1. The first-order valence-electron chi connectivity index (χ1n) is 9.31. The van der Waals surface area contributed by atoms with Gasteiger partial charge in [-0.15, -0.1) is 0 Å². The van der Waals surface area contributed by atoms with E-state index < -0.39 is 17.3 Å². The Balaban J connectivity index is 2.16. The molecule has 0 aliphatic carbocycles.